The van der Waals surface area contributed by atoms with E-state index in [0.29, 0.717) is 5.56 Å². The van der Waals surface area contributed by atoms with Crippen LogP contribution in [0, 0.1) is 12.7 Å². The molecule has 0 aromatic heterocycles. The second-order valence-electron chi connectivity index (χ2n) is 2.75. The van der Waals surface area contributed by atoms with Crippen LogP contribution in [0.15, 0.2) is 36.4 Å². The van der Waals surface area contributed by atoms with E-state index in [4.69, 9.17) is 0 Å². The second-order valence-corrected chi connectivity index (χ2v) is 2.75. The molecule has 0 fully saturated rings. The molecule has 0 heterocycles. The molecule has 0 nitrogen and oxygen atoms in total. The van der Waals surface area contributed by atoms with Crippen molar-refractivity contribution in [1.29, 1.82) is 0 Å². The highest BCUT2D eigenvalue weighted by molar-refractivity contribution is 5.86. The van der Waals surface area contributed by atoms with Crippen molar-refractivity contribution in [2.45, 2.75) is 0 Å². The Kier molecular flexibility index (Phi) is 1.58. The molecule has 59 valence electrons. The summed E-state index contributed by atoms with van der Waals surface area (Å²) in [6.45, 7) is 3.67. The molecule has 0 bridgehead atoms. The van der Waals surface area contributed by atoms with Crippen LogP contribution < -0.4 is 0 Å². The van der Waals surface area contributed by atoms with E-state index in [1.54, 1.807) is 6.07 Å². The van der Waals surface area contributed by atoms with Crippen molar-refractivity contribution < 1.29 is 4.39 Å². The molecule has 0 aliphatic heterocycles. The van der Waals surface area contributed by atoms with Gasteiger partial charge in [0.25, 0.3) is 0 Å². The third kappa shape index (κ3) is 0.981. The summed E-state index contributed by atoms with van der Waals surface area (Å²) in [5.41, 5.74) is 0.480. The third-order valence-electron chi connectivity index (χ3n) is 1.98. The van der Waals surface area contributed by atoms with Gasteiger partial charge in [0, 0.05) is 0 Å². The zero-order valence-corrected chi connectivity index (χ0v) is 6.55. The summed E-state index contributed by atoms with van der Waals surface area (Å²) in [5.74, 6) is -0.242. The Bertz CT molecular complexity index is 418. The summed E-state index contributed by atoms with van der Waals surface area (Å²) in [5, 5.41) is 1.92. The minimum atomic E-state index is -0.242. The number of hydrogen-bond donors (Lipinski definition) is 0. The van der Waals surface area contributed by atoms with Gasteiger partial charge < -0.3 is 0 Å². The fourth-order valence-electron chi connectivity index (χ4n) is 1.31. The van der Waals surface area contributed by atoms with Crippen molar-refractivity contribution in [3.63, 3.8) is 0 Å². The highest BCUT2D eigenvalue weighted by atomic mass is 19.1. The lowest BCUT2D eigenvalue weighted by molar-refractivity contribution is 0.625. The highest BCUT2D eigenvalue weighted by Crippen LogP contribution is 2.19. The summed E-state index contributed by atoms with van der Waals surface area (Å²) < 4.78 is 13.0. The van der Waals surface area contributed by atoms with Crippen molar-refractivity contribution >= 4 is 10.8 Å². The second kappa shape index (κ2) is 2.59. The molecule has 1 heteroatoms. The first-order valence-electron chi connectivity index (χ1n) is 3.78. The van der Waals surface area contributed by atoms with E-state index < -0.39 is 0 Å². The molecular formula is C11H8F. The van der Waals surface area contributed by atoms with Gasteiger partial charge in [-0.15, -0.1) is 0 Å². The van der Waals surface area contributed by atoms with E-state index >= 15 is 0 Å². The van der Waals surface area contributed by atoms with Gasteiger partial charge in [-0.1, -0.05) is 30.3 Å². The lowest BCUT2D eigenvalue weighted by atomic mass is 10.1. The molecule has 0 atom stereocenters. The first-order valence-corrected chi connectivity index (χ1v) is 3.78. The average Bonchev–Trinajstić information content (AvgIpc) is 2.12. The zero-order valence-electron chi connectivity index (χ0n) is 6.55. The Labute approximate surface area is 70.6 Å². The normalized spacial score (nSPS) is 10.5. The summed E-state index contributed by atoms with van der Waals surface area (Å²) in [6, 6.07) is 10.9. The van der Waals surface area contributed by atoms with Gasteiger partial charge >= 0.3 is 0 Å². The van der Waals surface area contributed by atoms with E-state index in [0.717, 1.165) is 10.8 Å². The smallest absolute Gasteiger partial charge is 0.127 e. The van der Waals surface area contributed by atoms with Gasteiger partial charge in [-0.25, -0.2) is 4.39 Å². The van der Waals surface area contributed by atoms with E-state index in [9.17, 15) is 4.39 Å². The van der Waals surface area contributed by atoms with Gasteiger partial charge in [0.05, 0.1) is 0 Å². The van der Waals surface area contributed by atoms with Crippen molar-refractivity contribution in [2.24, 2.45) is 0 Å². The number of benzene rings is 2. The monoisotopic (exact) mass is 159 g/mol. The third-order valence-corrected chi connectivity index (χ3v) is 1.98. The van der Waals surface area contributed by atoms with Gasteiger partial charge in [0.15, 0.2) is 0 Å². The molecule has 0 saturated heterocycles. The van der Waals surface area contributed by atoms with E-state index in [2.05, 4.69) is 6.92 Å². The molecule has 0 unspecified atom stereocenters. The van der Waals surface area contributed by atoms with Crippen LogP contribution in [0.25, 0.3) is 10.8 Å². The van der Waals surface area contributed by atoms with Crippen LogP contribution in [0.5, 0.6) is 0 Å². The van der Waals surface area contributed by atoms with Gasteiger partial charge in [-0.3, -0.25) is 0 Å². The van der Waals surface area contributed by atoms with Gasteiger partial charge in [0.2, 0.25) is 0 Å². The molecule has 2 aromatic carbocycles. The Morgan fingerprint density at radius 3 is 2.58 bits per heavy atom. The molecule has 12 heavy (non-hydrogen) atoms. The molecule has 0 spiro atoms. The first kappa shape index (κ1) is 7.29. The average molecular weight is 159 g/mol. The number of rotatable bonds is 0. The summed E-state index contributed by atoms with van der Waals surface area (Å²) >= 11 is 0. The number of hydrogen-bond acceptors (Lipinski definition) is 0. The van der Waals surface area contributed by atoms with Crippen LogP contribution in [0.2, 0.25) is 0 Å². The molecular weight excluding hydrogens is 151 g/mol. The lowest BCUT2D eigenvalue weighted by Crippen LogP contribution is -1.83. The maximum absolute atomic E-state index is 13.0. The predicted octanol–water partition coefficient (Wildman–Crippen LogP) is 3.16. The number of fused-ring (bicyclic) bond motifs is 1. The molecule has 0 aliphatic carbocycles. The Hall–Kier alpha value is -1.37. The van der Waals surface area contributed by atoms with Gasteiger partial charge in [-0.2, -0.15) is 0 Å². The highest BCUT2D eigenvalue weighted by Gasteiger charge is 2.00. The Morgan fingerprint density at radius 1 is 1.00 bits per heavy atom. The largest absolute Gasteiger partial charge is 0.207 e. The van der Waals surface area contributed by atoms with Crippen LogP contribution in [-0.4, -0.2) is 0 Å². The SMILES string of the molecule is [CH2]c1c(F)ccc2ccccc12. The summed E-state index contributed by atoms with van der Waals surface area (Å²) in [7, 11) is 0. The quantitative estimate of drug-likeness (QED) is 0.554. The molecule has 0 amide bonds. The van der Waals surface area contributed by atoms with Crippen molar-refractivity contribution in [3.8, 4) is 0 Å². The van der Waals surface area contributed by atoms with Crippen LogP contribution >= 0.6 is 0 Å². The summed E-state index contributed by atoms with van der Waals surface area (Å²) in [4.78, 5) is 0. The van der Waals surface area contributed by atoms with Crippen LogP contribution in [-0.2, 0) is 0 Å². The molecule has 0 saturated carbocycles. The topological polar surface area (TPSA) is 0 Å². The van der Waals surface area contributed by atoms with Gasteiger partial charge in [-0.05, 0) is 29.3 Å². The van der Waals surface area contributed by atoms with Gasteiger partial charge in [0.1, 0.15) is 5.82 Å². The van der Waals surface area contributed by atoms with E-state index in [-0.39, 0.29) is 5.82 Å². The van der Waals surface area contributed by atoms with Crippen molar-refractivity contribution in [1.82, 2.24) is 0 Å². The standard InChI is InChI=1S/C11H8F/c1-8-10-5-3-2-4-9(10)6-7-11(8)12/h2-7H,1H2. The minimum Gasteiger partial charge on any atom is -0.207 e. The molecule has 2 rings (SSSR count). The Balaban J connectivity index is 2.91. The van der Waals surface area contributed by atoms with Crippen LogP contribution in [0.3, 0.4) is 0 Å². The maximum atomic E-state index is 13.0. The van der Waals surface area contributed by atoms with Crippen molar-refractivity contribution in [3.05, 3.63) is 54.7 Å². The Morgan fingerprint density at radius 2 is 1.75 bits per heavy atom. The minimum absolute atomic E-state index is 0.242. The molecule has 0 N–H and O–H groups in total. The fraction of sp³-hybridized carbons (Fsp3) is 0. The predicted molar refractivity (Wildman–Crippen MR) is 48.4 cm³/mol. The number of halogens is 1. The lowest BCUT2D eigenvalue weighted by Gasteiger charge is -2.01. The first-order chi connectivity index (χ1) is 5.79. The van der Waals surface area contributed by atoms with Crippen LogP contribution in [0.4, 0.5) is 4.39 Å². The molecule has 0 aliphatic rings. The van der Waals surface area contributed by atoms with Crippen LogP contribution in [0.1, 0.15) is 5.56 Å². The maximum Gasteiger partial charge on any atom is 0.127 e. The van der Waals surface area contributed by atoms with E-state index in [1.165, 1.54) is 6.07 Å². The zero-order chi connectivity index (χ0) is 8.55. The molecule has 1 radical (unpaired) electrons. The van der Waals surface area contributed by atoms with E-state index in [1.807, 2.05) is 24.3 Å². The van der Waals surface area contributed by atoms with Crippen molar-refractivity contribution in [2.75, 3.05) is 0 Å². The molecule has 2 aromatic rings. The summed E-state index contributed by atoms with van der Waals surface area (Å²) in [6.07, 6.45) is 0. The fourth-order valence-corrected chi connectivity index (χ4v) is 1.31.